The molecule has 0 spiro atoms. The zero-order valence-electron chi connectivity index (χ0n) is 10.6. The molecule has 1 rings (SSSR count). The summed E-state index contributed by atoms with van der Waals surface area (Å²) in [6.07, 6.45) is -2.88. The first kappa shape index (κ1) is 16.9. The molecular weight excluding hydrogens is 264 g/mol. The first-order valence-electron chi connectivity index (χ1n) is 5.25. The molecule has 0 unspecified atom stereocenters. The zero-order valence-corrected chi connectivity index (χ0v) is 11.4. The summed E-state index contributed by atoms with van der Waals surface area (Å²) in [6, 6.07) is 2.70. The minimum atomic E-state index is -2.46. The molecular formula is C12H18ClF2NO2. The van der Waals surface area contributed by atoms with E-state index in [2.05, 4.69) is 0 Å². The molecule has 0 aliphatic rings. The minimum absolute atomic E-state index is 0. The van der Waals surface area contributed by atoms with Gasteiger partial charge in [-0.3, -0.25) is 0 Å². The Hall–Kier alpha value is -1.07. The molecule has 3 nitrogen and oxygen atoms in total. The second-order valence-electron chi connectivity index (χ2n) is 3.82. The molecule has 0 aliphatic carbocycles. The fourth-order valence-electron chi connectivity index (χ4n) is 1.75. The van der Waals surface area contributed by atoms with E-state index in [9.17, 15) is 8.78 Å². The van der Waals surface area contributed by atoms with E-state index < -0.39 is 18.9 Å². The van der Waals surface area contributed by atoms with Gasteiger partial charge < -0.3 is 15.2 Å². The Kier molecular flexibility index (Phi) is 6.94. The van der Waals surface area contributed by atoms with E-state index in [1.165, 1.54) is 14.2 Å². The normalized spacial score (nSPS) is 11.9. The van der Waals surface area contributed by atoms with Crippen LogP contribution >= 0.6 is 12.4 Å². The van der Waals surface area contributed by atoms with Gasteiger partial charge in [0, 0.05) is 12.5 Å². The third kappa shape index (κ3) is 3.99. The Bertz CT molecular complexity index is 363. The number of hydrogen-bond donors (Lipinski definition) is 1. The molecule has 0 aromatic heterocycles. The van der Waals surface area contributed by atoms with Crippen molar-refractivity contribution in [3.05, 3.63) is 23.3 Å². The Balaban J connectivity index is 0.00000289. The van der Waals surface area contributed by atoms with Crippen LogP contribution in [0.1, 0.15) is 23.6 Å². The standard InChI is InChI=1S/C12H17F2NO2.ClH/c1-7-4-9(16-2)12(10(5-7)17-3)8(15)6-11(13)14;/h4-5,8,11H,6,15H2,1-3H3;1H/t8-;/m1./s1. The van der Waals surface area contributed by atoms with Gasteiger partial charge in [0.1, 0.15) is 11.5 Å². The summed E-state index contributed by atoms with van der Waals surface area (Å²) in [5.41, 5.74) is 7.17. The van der Waals surface area contributed by atoms with Crippen LogP contribution in [0.3, 0.4) is 0 Å². The van der Waals surface area contributed by atoms with Gasteiger partial charge >= 0.3 is 0 Å². The van der Waals surface area contributed by atoms with Crippen molar-refractivity contribution in [2.75, 3.05) is 14.2 Å². The molecule has 0 aliphatic heterocycles. The van der Waals surface area contributed by atoms with Gasteiger partial charge in [0.2, 0.25) is 6.43 Å². The monoisotopic (exact) mass is 281 g/mol. The van der Waals surface area contributed by atoms with Crippen molar-refractivity contribution in [1.82, 2.24) is 0 Å². The molecule has 1 atom stereocenters. The number of nitrogens with two attached hydrogens (primary N) is 1. The number of hydrogen-bond acceptors (Lipinski definition) is 3. The number of rotatable bonds is 5. The molecule has 0 saturated heterocycles. The molecule has 0 radical (unpaired) electrons. The number of methoxy groups -OCH3 is 2. The van der Waals surface area contributed by atoms with Gasteiger partial charge in [-0.05, 0) is 24.6 Å². The van der Waals surface area contributed by atoms with Crippen LogP contribution in [0.4, 0.5) is 8.78 Å². The maximum Gasteiger partial charge on any atom is 0.240 e. The summed E-state index contributed by atoms with van der Waals surface area (Å²) in [5.74, 6) is 0.963. The van der Waals surface area contributed by atoms with E-state index in [1.54, 1.807) is 12.1 Å². The van der Waals surface area contributed by atoms with Crippen molar-refractivity contribution in [3.63, 3.8) is 0 Å². The minimum Gasteiger partial charge on any atom is -0.496 e. The molecule has 0 bridgehead atoms. The van der Waals surface area contributed by atoms with E-state index in [0.717, 1.165) is 5.56 Å². The van der Waals surface area contributed by atoms with Crippen molar-refractivity contribution in [2.24, 2.45) is 5.73 Å². The molecule has 0 amide bonds. The summed E-state index contributed by atoms with van der Waals surface area (Å²) in [5, 5.41) is 0. The lowest BCUT2D eigenvalue weighted by Crippen LogP contribution is -2.16. The average Bonchev–Trinajstić information content (AvgIpc) is 2.26. The van der Waals surface area contributed by atoms with Crippen LogP contribution in [0, 0.1) is 6.92 Å². The molecule has 18 heavy (non-hydrogen) atoms. The van der Waals surface area contributed by atoms with E-state index in [1.807, 2.05) is 6.92 Å². The number of ether oxygens (including phenoxy) is 2. The molecule has 0 fully saturated rings. The highest BCUT2D eigenvalue weighted by Crippen LogP contribution is 2.36. The molecule has 1 aromatic carbocycles. The van der Waals surface area contributed by atoms with E-state index in [0.29, 0.717) is 17.1 Å². The molecule has 0 saturated carbocycles. The number of alkyl halides is 2. The SMILES string of the molecule is COc1cc(C)cc(OC)c1[C@H](N)CC(F)F.Cl. The highest BCUT2D eigenvalue weighted by Gasteiger charge is 2.21. The summed E-state index contributed by atoms with van der Waals surface area (Å²) in [6.45, 7) is 1.87. The summed E-state index contributed by atoms with van der Waals surface area (Å²) >= 11 is 0. The van der Waals surface area contributed by atoms with Crippen molar-refractivity contribution >= 4 is 12.4 Å². The van der Waals surface area contributed by atoms with Gasteiger partial charge in [0.05, 0.1) is 19.8 Å². The van der Waals surface area contributed by atoms with Crippen LogP contribution < -0.4 is 15.2 Å². The van der Waals surface area contributed by atoms with Gasteiger partial charge in [0.15, 0.2) is 0 Å². The summed E-state index contributed by atoms with van der Waals surface area (Å²) in [7, 11) is 2.96. The van der Waals surface area contributed by atoms with Gasteiger partial charge in [-0.2, -0.15) is 0 Å². The maximum atomic E-state index is 12.4. The van der Waals surface area contributed by atoms with Gasteiger partial charge in [-0.1, -0.05) is 0 Å². The molecule has 0 heterocycles. The second-order valence-corrected chi connectivity index (χ2v) is 3.82. The van der Waals surface area contributed by atoms with Crippen LogP contribution in [0.15, 0.2) is 12.1 Å². The van der Waals surface area contributed by atoms with Gasteiger partial charge in [-0.25, -0.2) is 8.78 Å². The van der Waals surface area contributed by atoms with E-state index >= 15 is 0 Å². The van der Waals surface area contributed by atoms with Crippen molar-refractivity contribution in [3.8, 4) is 11.5 Å². The zero-order chi connectivity index (χ0) is 13.0. The largest absolute Gasteiger partial charge is 0.496 e. The highest BCUT2D eigenvalue weighted by molar-refractivity contribution is 5.85. The van der Waals surface area contributed by atoms with Gasteiger partial charge in [-0.15, -0.1) is 12.4 Å². The lowest BCUT2D eigenvalue weighted by Gasteiger charge is -2.19. The fraction of sp³-hybridized carbons (Fsp3) is 0.500. The lowest BCUT2D eigenvalue weighted by molar-refractivity contribution is 0.127. The van der Waals surface area contributed by atoms with Crippen molar-refractivity contribution < 1.29 is 18.3 Å². The van der Waals surface area contributed by atoms with Crippen LogP contribution in [0.2, 0.25) is 0 Å². The molecule has 1 aromatic rings. The van der Waals surface area contributed by atoms with Crippen molar-refractivity contribution in [1.29, 1.82) is 0 Å². The predicted octanol–water partition coefficient (Wildman–Crippen LogP) is 3.09. The first-order chi connectivity index (χ1) is 7.99. The molecule has 2 N–H and O–H groups in total. The third-order valence-electron chi connectivity index (χ3n) is 2.49. The van der Waals surface area contributed by atoms with Crippen molar-refractivity contribution in [2.45, 2.75) is 25.8 Å². The smallest absolute Gasteiger partial charge is 0.240 e. The number of aryl methyl sites for hydroxylation is 1. The average molecular weight is 282 g/mol. The molecule has 104 valence electrons. The van der Waals surface area contributed by atoms with Crippen LogP contribution in [-0.4, -0.2) is 20.6 Å². The fourth-order valence-corrected chi connectivity index (χ4v) is 1.75. The number of halogens is 3. The molecule has 6 heteroatoms. The van der Waals surface area contributed by atoms with Crippen LogP contribution in [0.25, 0.3) is 0 Å². The quantitative estimate of drug-likeness (QED) is 0.902. The second kappa shape index (κ2) is 7.38. The Morgan fingerprint density at radius 1 is 1.17 bits per heavy atom. The predicted molar refractivity (Wildman–Crippen MR) is 69.1 cm³/mol. The third-order valence-corrected chi connectivity index (χ3v) is 2.49. The van der Waals surface area contributed by atoms with E-state index in [4.69, 9.17) is 15.2 Å². The van der Waals surface area contributed by atoms with Crippen LogP contribution in [-0.2, 0) is 0 Å². The van der Waals surface area contributed by atoms with Crippen LogP contribution in [0.5, 0.6) is 11.5 Å². The highest BCUT2D eigenvalue weighted by atomic mass is 35.5. The lowest BCUT2D eigenvalue weighted by atomic mass is 10.0. The summed E-state index contributed by atoms with van der Waals surface area (Å²) in [4.78, 5) is 0. The Morgan fingerprint density at radius 2 is 1.61 bits per heavy atom. The topological polar surface area (TPSA) is 44.5 Å². The summed E-state index contributed by atoms with van der Waals surface area (Å²) < 4.78 is 35.1. The van der Waals surface area contributed by atoms with Gasteiger partial charge in [0.25, 0.3) is 0 Å². The first-order valence-corrected chi connectivity index (χ1v) is 5.25. The maximum absolute atomic E-state index is 12.4. The van der Waals surface area contributed by atoms with E-state index in [-0.39, 0.29) is 12.4 Å². The Labute approximate surface area is 112 Å². The Morgan fingerprint density at radius 3 is 1.94 bits per heavy atom. The number of benzene rings is 1.